The summed E-state index contributed by atoms with van der Waals surface area (Å²) < 4.78 is 5.26. The molecule has 0 N–H and O–H groups in total. The molecule has 68 valence electrons. The molecule has 1 heterocycles. The maximum atomic E-state index is 5.26. The molecule has 1 aliphatic rings. The maximum absolute atomic E-state index is 5.26. The Hall–Kier alpha value is -0.480. The van der Waals surface area contributed by atoms with Gasteiger partial charge < -0.3 is 4.74 Å². The third-order valence-corrected chi connectivity index (χ3v) is 2.04. The van der Waals surface area contributed by atoms with Gasteiger partial charge in [0.05, 0.1) is 0 Å². The van der Waals surface area contributed by atoms with E-state index in [1.807, 2.05) is 0 Å². The standard InChI is InChI=1S/C11H18O/c1-10(2)4-3-5-11-6-8-12-9-7-11/h10-11H,4,6-9H2,1-2H3. The first-order valence-corrected chi connectivity index (χ1v) is 4.85. The molecule has 0 aliphatic carbocycles. The fourth-order valence-corrected chi connectivity index (χ4v) is 1.25. The third kappa shape index (κ3) is 3.78. The van der Waals surface area contributed by atoms with Crippen LogP contribution in [0.4, 0.5) is 0 Å². The van der Waals surface area contributed by atoms with Crippen molar-refractivity contribution < 1.29 is 4.74 Å². The van der Waals surface area contributed by atoms with Gasteiger partial charge in [-0.25, -0.2) is 0 Å². The van der Waals surface area contributed by atoms with Crippen LogP contribution < -0.4 is 0 Å². The quantitative estimate of drug-likeness (QED) is 0.544. The highest BCUT2D eigenvalue weighted by Crippen LogP contribution is 2.13. The highest BCUT2D eigenvalue weighted by Gasteiger charge is 2.09. The van der Waals surface area contributed by atoms with Crippen molar-refractivity contribution in [3.63, 3.8) is 0 Å². The second-order valence-corrected chi connectivity index (χ2v) is 3.81. The van der Waals surface area contributed by atoms with Crippen LogP contribution in [0.1, 0.15) is 33.1 Å². The normalized spacial score (nSPS) is 18.9. The molecule has 1 heteroatoms. The van der Waals surface area contributed by atoms with Crippen LogP contribution >= 0.6 is 0 Å². The van der Waals surface area contributed by atoms with Crippen LogP contribution in [0, 0.1) is 23.7 Å². The van der Waals surface area contributed by atoms with Crippen molar-refractivity contribution in [2.24, 2.45) is 11.8 Å². The average molecular weight is 166 g/mol. The Bertz CT molecular complexity index is 167. The molecule has 12 heavy (non-hydrogen) atoms. The van der Waals surface area contributed by atoms with Crippen molar-refractivity contribution in [2.75, 3.05) is 13.2 Å². The van der Waals surface area contributed by atoms with Crippen molar-refractivity contribution in [2.45, 2.75) is 33.1 Å². The van der Waals surface area contributed by atoms with Crippen LogP contribution in [-0.4, -0.2) is 13.2 Å². The van der Waals surface area contributed by atoms with Gasteiger partial charge in [0.1, 0.15) is 0 Å². The summed E-state index contributed by atoms with van der Waals surface area (Å²) in [6.07, 6.45) is 3.30. The molecule has 0 saturated carbocycles. The van der Waals surface area contributed by atoms with Crippen molar-refractivity contribution in [1.82, 2.24) is 0 Å². The lowest BCUT2D eigenvalue weighted by molar-refractivity contribution is 0.0807. The van der Waals surface area contributed by atoms with Gasteiger partial charge in [-0.05, 0) is 18.8 Å². The minimum absolute atomic E-state index is 0.609. The van der Waals surface area contributed by atoms with Crippen LogP contribution in [-0.2, 0) is 4.74 Å². The summed E-state index contributed by atoms with van der Waals surface area (Å²) >= 11 is 0. The lowest BCUT2D eigenvalue weighted by Gasteiger charge is -2.16. The van der Waals surface area contributed by atoms with Gasteiger partial charge in [-0.15, -0.1) is 5.92 Å². The topological polar surface area (TPSA) is 9.23 Å². The van der Waals surface area contributed by atoms with Crippen LogP contribution in [0.15, 0.2) is 0 Å². The van der Waals surface area contributed by atoms with Gasteiger partial charge >= 0.3 is 0 Å². The van der Waals surface area contributed by atoms with Crippen LogP contribution in [0.3, 0.4) is 0 Å². The van der Waals surface area contributed by atoms with Crippen molar-refractivity contribution in [1.29, 1.82) is 0 Å². The zero-order valence-electron chi connectivity index (χ0n) is 8.10. The second-order valence-electron chi connectivity index (χ2n) is 3.81. The molecule has 0 bridgehead atoms. The van der Waals surface area contributed by atoms with Crippen molar-refractivity contribution >= 4 is 0 Å². The molecule has 0 radical (unpaired) electrons. The molecule has 0 unspecified atom stereocenters. The summed E-state index contributed by atoms with van der Waals surface area (Å²) in [5.74, 6) is 7.89. The van der Waals surface area contributed by atoms with E-state index in [2.05, 4.69) is 25.7 Å². The molecule has 1 fully saturated rings. The predicted octanol–water partition coefficient (Wildman–Crippen LogP) is 2.46. The summed E-state index contributed by atoms with van der Waals surface area (Å²) in [5.41, 5.74) is 0. The molecule has 1 saturated heterocycles. The van der Waals surface area contributed by atoms with Gasteiger partial charge in [-0.1, -0.05) is 19.8 Å². The summed E-state index contributed by atoms with van der Waals surface area (Å²) in [5, 5.41) is 0. The van der Waals surface area contributed by atoms with E-state index in [1.165, 1.54) is 0 Å². The molecule has 0 aromatic heterocycles. The Morgan fingerprint density at radius 1 is 1.33 bits per heavy atom. The second kappa shape index (κ2) is 5.22. The highest BCUT2D eigenvalue weighted by atomic mass is 16.5. The van der Waals surface area contributed by atoms with Gasteiger partial charge in [0.25, 0.3) is 0 Å². The molecule has 0 aromatic carbocycles. The SMILES string of the molecule is CC(C)CC#CC1CCOCC1. The molecule has 1 nitrogen and oxygen atoms in total. The largest absolute Gasteiger partial charge is 0.381 e. The van der Waals surface area contributed by atoms with E-state index in [0.717, 1.165) is 32.5 Å². The van der Waals surface area contributed by atoms with Crippen molar-refractivity contribution in [3.8, 4) is 11.8 Å². The lowest BCUT2D eigenvalue weighted by Crippen LogP contribution is -2.13. The van der Waals surface area contributed by atoms with Crippen molar-refractivity contribution in [3.05, 3.63) is 0 Å². The van der Waals surface area contributed by atoms with Gasteiger partial charge in [-0.3, -0.25) is 0 Å². The predicted molar refractivity (Wildman–Crippen MR) is 50.8 cm³/mol. The first-order chi connectivity index (χ1) is 5.79. The molecule has 0 spiro atoms. The smallest absolute Gasteiger partial charge is 0.0477 e. The Balaban J connectivity index is 2.21. The van der Waals surface area contributed by atoms with Gasteiger partial charge in [0.15, 0.2) is 0 Å². The molecule has 1 rings (SSSR count). The fourth-order valence-electron chi connectivity index (χ4n) is 1.25. The monoisotopic (exact) mass is 166 g/mol. The molecular formula is C11H18O. The summed E-state index contributed by atoms with van der Waals surface area (Å²) in [7, 11) is 0. The van der Waals surface area contributed by atoms with E-state index in [9.17, 15) is 0 Å². The Kier molecular flexibility index (Phi) is 4.18. The van der Waals surface area contributed by atoms with E-state index in [1.54, 1.807) is 0 Å². The van der Waals surface area contributed by atoms with E-state index in [0.29, 0.717) is 11.8 Å². The maximum Gasteiger partial charge on any atom is 0.0477 e. The highest BCUT2D eigenvalue weighted by molar-refractivity contribution is 5.04. The number of rotatable bonds is 1. The number of ether oxygens (including phenoxy) is 1. The van der Waals surface area contributed by atoms with E-state index in [4.69, 9.17) is 4.74 Å². The zero-order chi connectivity index (χ0) is 8.81. The summed E-state index contributed by atoms with van der Waals surface area (Å²) in [6.45, 7) is 6.22. The average Bonchev–Trinajstić information content (AvgIpc) is 2.05. The van der Waals surface area contributed by atoms with E-state index < -0.39 is 0 Å². The van der Waals surface area contributed by atoms with E-state index >= 15 is 0 Å². The van der Waals surface area contributed by atoms with Crippen LogP contribution in [0.25, 0.3) is 0 Å². The summed E-state index contributed by atoms with van der Waals surface area (Å²) in [6, 6.07) is 0. The third-order valence-electron chi connectivity index (χ3n) is 2.04. The molecule has 0 atom stereocenters. The number of hydrogen-bond donors (Lipinski definition) is 0. The molecular weight excluding hydrogens is 148 g/mol. The minimum atomic E-state index is 0.609. The Morgan fingerprint density at radius 3 is 2.58 bits per heavy atom. The van der Waals surface area contributed by atoms with Crippen LogP contribution in [0.5, 0.6) is 0 Å². The first-order valence-electron chi connectivity index (χ1n) is 4.85. The van der Waals surface area contributed by atoms with Crippen LogP contribution in [0.2, 0.25) is 0 Å². The fraction of sp³-hybridized carbons (Fsp3) is 0.818. The van der Waals surface area contributed by atoms with E-state index in [-0.39, 0.29) is 0 Å². The first kappa shape index (κ1) is 9.61. The summed E-state index contributed by atoms with van der Waals surface area (Å²) in [4.78, 5) is 0. The number of hydrogen-bond acceptors (Lipinski definition) is 1. The zero-order valence-corrected chi connectivity index (χ0v) is 8.10. The molecule has 0 aromatic rings. The minimum Gasteiger partial charge on any atom is -0.381 e. The molecule has 1 aliphatic heterocycles. The van der Waals surface area contributed by atoms with Gasteiger partial charge in [-0.2, -0.15) is 0 Å². The Labute approximate surface area is 75.5 Å². The lowest BCUT2D eigenvalue weighted by atomic mass is 10.0. The van der Waals surface area contributed by atoms with Gasteiger partial charge in [0.2, 0.25) is 0 Å². The Morgan fingerprint density at radius 2 is 2.00 bits per heavy atom. The molecule has 0 amide bonds. The van der Waals surface area contributed by atoms with Gasteiger partial charge in [0, 0.05) is 25.6 Å².